The van der Waals surface area contributed by atoms with E-state index in [9.17, 15) is 22.8 Å². The van der Waals surface area contributed by atoms with Gasteiger partial charge in [0.25, 0.3) is 5.91 Å². The maximum atomic E-state index is 12.3. The van der Waals surface area contributed by atoms with Crippen molar-refractivity contribution in [1.29, 1.82) is 0 Å². The first-order valence-electron chi connectivity index (χ1n) is 7.81. The van der Waals surface area contributed by atoms with Crippen LogP contribution in [0.25, 0.3) is 0 Å². The molecule has 1 fully saturated rings. The smallest absolute Gasteiger partial charge is 0.475 e. The second kappa shape index (κ2) is 7.32. The van der Waals surface area contributed by atoms with Gasteiger partial charge in [0.1, 0.15) is 0 Å². The predicted molar refractivity (Wildman–Crippen MR) is 85.9 cm³/mol. The van der Waals surface area contributed by atoms with Gasteiger partial charge in [-0.15, -0.1) is 0 Å². The van der Waals surface area contributed by atoms with Gasteiger partial charge in [-0.25, -0.2) is 4.79 Å². The van der Waals surface area contributed by atoms with E-state index in [0.717, 1.165) is 37.2 Å². The highest BCUT2D eigenvalue weighted by Crippen LogP contribution is 2.44. The number of hydrogen-bond acceptors (Lipinski definition) is 4. The summed E-state index contributed by atoms with van der Waals surface area (Å²) in [5.41, 5.74) is 1.97. The van der Waals surface area contributed by atoms with Gasteiger partial charge < -0.3 is 21.1 Å². The molecule has 10 heteroatoms. The standard InChI is InChI=1S/C14H17N3O2.C2HF3O2/c1-15-12(18)9-2-3-11-10(8-9)14(13(19)17-11)4-6-16-7-5-14;3-2(4,5)1(6)7/h2-3,8,16H,4-7H2,1H3,(H,15,18)(H,17,19);(H,6,7). The molecular weight excluding hydrogens is 355 g/mol. The van der Waals surface area contributed by atoms with Gasteiger partial charge in [-0.3, -0.25) is 9.59 Å². The summed E-state index contributed by atoms with van der Waals surface area (Å²) in [5.74, 6) is -2.81. The van der Waals surface area contributed by atoms with Crippen LogP contribution in [0.1, 0.15) is 28.8 Å². The number of aliphatic carboxylic acids is 1. The molecule has 0 saturated carbocycles. The molecule has 0 bridgehead atoms. The van der Waals surface area contributed by atoms with Crippen molar-refractivity contribution >= 4 is 23.5 Å². The Kier molecular flexibility index (Phi) is 5.55. The van der Waals surface area contributed by atoms with Gasteiger partial charge >= 0.3 is 12.1 Å². The highest BCUT2D eigenvalue weighted by Gasteiger charge is 2.47. The van der Waals surface area contributed by atoms with E-state index < -0.39 is 17.6 Å². The van der Waals surface area contributed by atoms with Crippen LogP contribution in [0.3, 0.4) is 0 Å². The fraction of sp³-hybridized carbons (Fsp3) is 0.438. The Balaban J connectivity index is 0.000000298. The molecule has 0 atom stereocenters. The number of carbonyl (C=O) groups is 3. The Morgan fingerprint density at radius 1 is 1.23 bits per heavy atom. The highest BCUT2D eigenvalue weighted by molar-refractivity contribution is 6.07. The second-order valence-corrected chi connectivity index (χ2v) is 5.93. The van der Waals surface area contributed by atoms with Gasteiger partial charge in [-0.2, -0.15) is 13.2 Å². The number of benzene rings is 1. The van der Waals surface area contributed by atoms with Crippen molar-refractivity contribution in [2.24, 2.45) is 0 Å². The molecule has 4 N–H and O–H groups in total. The van der Waals surface area contributed by atoms with E-state index in [1.54, 1.807) is 13.1 Å². The van der Waals surface area contributed by atoms with Gasteiger partial charge in [0, 0.05) is 18.3 Å². The molecular formula is C16H18F3N3O4. The van der Waals surface area contributed by atoms with Crippen LogP contribution in [0.4, 0.5) is 18.9 Å². The molecule has 1 spiro atoms. The summed E-state index contributed by atoms with van der Waals surface area (Å²) in [6.45, 7) is 1.66. The fourth-order valence-corrected chi connectivity index (χ4v) is 3.05. The number of halogens is 3. The van der Waals surface area contributed by atoms with E-state index >= 15 is 0 Å². The summed E-state index contributed by atoms with van der Waals surface area (Å²) in [4.78, 5) is 33.0. The lowest BCUT2D eigenvalue weighted by Gasteiger charge is -2.32. The van der Waals surface area contributed by atoms with Gasteiger partial charge in [-0.05, 0) is 49.7 Å². The first kappa shape index (κ1) is 19.7. The van der Waals surface area contributed by atoms with E-state index in [2.05, 4.69) is 16.0 Å². The average Bonchev–Trinajstić information content (AvgIpc) is 2.86. The summed E-state index contributed by atoms with van der Waals surface area (Å²) in [6, 6.07) is 5.43. The van der Waals surface area contributed by atoms with Crippen LogP contribution >= 0.6 is 0 Å². The van der Waals surface area contributed by atoms with E-state index in [0.29, 0.717) is 5.56 Å². The van der Waals surface area contributed by atoms with Crippen molar-refractivity contribution < 1.29 is 32.7 Å². The number of alkyl halides is 3. The Bertz CT molecular complexity index is 728. The van der Waals surface area contributed by atoms with Gasteiger partial charge in [0.15, 0.2) is 0 Å². The minimum atomic E-state index is -5.08. The van der Waals surface area contributed by atoms with Crippen molar-refractivity contribution in [2.75, 3.05) is 25.5 Å². The van der Waals surface area contributed by atoms with Crippen molar-refractivity contribution in [3.8, 4) is 0 Å². The predicted octanol–water partition coefficient (Wildman–Crippen LogP) is 1.25. The van der Waals surface area contributed by atoms with E-state index in [4.69, 9.17) is 9.90 Å². The van der Waals surface area contributed by atoms with E-state index in [1.807, 2.05) is 12.1 Å². The number of anilines is 1. The lowest BCUT2D eigenvalue weighted by molar-refractivity contribution is -0.192. The van der Waals surface area contributed by atoms with E-state index in [-0.39, 0.29) is 11.8 Å². The topological polar surface area (TPSA) is 108 Å². The van der Waals surface area contributed by atoms with E-state index in [1.165, 1.54) is 0 Å². The minimum Gasteiger partial charge on any atom is -0.475 e. The van der Waals surface area contributed by atoms with Crippen LogP contribution in [0, 0.1) is 0 Å². The molecule has 7 nitrogen and oxygen atoms in total. The lowest BCUT2D eigenvalue weighted by atomic mass is 9.74. The summed E-state index contributed by atoms with van der Waals surface area (Å²) in [7, 11) is 1.61. The molecule has 0 radical (unpaired) electrons. The Hall–Kier alpha value is -2.62. The fourth-order valence-electron chi connectivity index (χ4n) is 3.05. The second-order valence-electron chi connectivity index (χ2n) is 5.93. The maximum absolute atomic E-state index is 12.3. The van der Waals surface area contributed by atoms with Crippen LogP contribution in [0.2, 0.25) is 0 Å². The minimum absolute atomic E-state index is 0.0676. The zero-order chi connectivity index (χ0) is 19.5. The Morgan fingerprint density at radius 3 is 2.31 bits per heavy atom. The van der Waals surface area contributed by atoms with Crippen molar-refractivity contribution in [1.82, 2.24) is 10.6 Å². The molecule has 2 heterocycles. The van der Waals surface area contributed by atoms with Crippen molar-refractivity contribution in [3.63, 3.8) is 0 Å². The number of carboxylic acid groups (broad SMARTS) is 1. The third-order valence-corrected chi connectivity index (χ3v) is 4.41. The molecule has 2 amide bonds. The number of rotatable bonds is 1. The third kappa shape index (κ3) is 3.79. The number of hydrogen-bond donors (Lipinski definition) is 4. The number of nitrogens with one attached hydrogen (secondary N) is 3. The molecule has 3 rings (SSSR count). The molecule has 1 aromatic carbocycles. The quantitative estimate of drug-likeness (QED) is 0.593. The number of fused-ring (bicyclic) bond motifs is 2. The largest absolute Gasteiger partial charge is 0.490 e. The number of amides is 2. The van der Waals surface area contributed by atoms with Crippen LogP contribution in [-0.2, 0) is 15.0 Å². The maximum Gasteiger partial charge on any atom is 0.490 e. The Morgan fingerprint density at radius 2 is 1.81 bits per heavy atom. The Labute approximate surface area is 146 Å². The van der Waals surface area contributed by atoms with Crippen molar-refractivity contribution in [2.45, 2.75) is 24.4 Å². The molecule has 2 aliphatic heterocycles. The monoisotopic (exact) mass is 373 g/mol. The van der Waals surface area contributed by atoms with Gasteiger partial charge in [0.05, 0.1) is 5.41 Å². The molecule has 26 heavy (non-hydrogen) atoms. The summed E-state index contributed by atoms with van der Waals surface area (Å²) in [5, 5.41) is 16.0. The van der Waals surface area contributed by atoms with Crippen molar-refractivity contribution in [3.05, 3.63) is 29.3 Å². The normalized spacial score (nSPS) is 17.6. The molecule has 142 valence electrons. The summed E-state index contributed by atoms with van der Waals surface area (Å²) in [6.07, 6.45) is -3.52. The number of carboxylic acids is 1. The van der Waals surface area contributed by atoms with Gasteiger partial charge in [-0.1, -0.05) is 0 Å². The van der Waals surface area contributed by atoms with Crippen LogP contribution in [0.15, 0.2) is 18.2 Å². The molecule has 0 aromatic heterocycles. The van der Waals surface area contributed by atoms with Gasteiger partial charge in [0.2, 0.25) is 5.91 Å². The van der Waals surface area contributed by atoms with Crippen LogP contribution in [-0.4, -0.2) is 49.2 Å². The highest BCUT2D eigenvalue weighted by atomic mass is 19.4. The zero-order valence-corrected chi connectivity index (χ0v) is 13.9. The van der Waals surface area contributed by atoms with Crippen LogP contribution in [0.5, 0.6) is 0 Å². The summed E-state index contributed by atoms with van der Waals surface area (Å²) >= 11 is 0. The molecule has 0 aliphatic carbocycles. The molecule has 1 saturated heterocycles. The summed E-state index contributed by atoms with van der Waals surface area (Å²) < 4.78 is 31.7. The molecule has 2 aliphatic rings. The lowest BCUT2D eigenvalue weighted by Crippen LogP contribution is -2.44. The zero-order valence-electron chi connectivity index (χ0n) is 13.9. The molecule has 0 unspecified atom stereocenters. The first-order valence-corrected chi connectivity index (χ1v) is 7.81. The van der Waals surface area contributed by atoms with Crippen LogP contribution < -0.4 is 16.0 Å². The number of piperidine rings is 1. The SMILES string of the molecule is CNC(=O)c1ccc2c(c1)C1(CCNCC1)C(=O)N2.O=C(O)C(F)(F)F. The third-order valence-electron chi connectivity index (χ3n) is 4.41. The number of carbonyl (C=O) groups excluding carboxylic acids is 2. The average molecular weight is 373 g/mol. The first-order chi connectivity index (χ1) is 12.1. The molecule has 1 aromatic rings.